The van der Waals surface area contributed by atoms with E-state index in [1.807, 2.05) is 12.1 Å². The number of amidine groups is 1. The molecule has 3 aliphatic rings. The molecule has 0 saturated carbocycles. The van der Waals surface area contributed by atoms with E-state index in [-0.39, 0.29) is 35.2 Å². The van der Waals surface area contributed by atoms with Crippen LogP contribution in [0.4, 0.5) is 5.69 Å². The van der Waals surface area contributed by atoms with Crippen LogP contribution in [0.1, 0.15) is 43.7 Å². The van der Waals surface area contributed by atoms with E-state index in [0.29, 0.717) is 69.7 Å². The van der Waals surface area contributed by atoms with E-state index in [1.54, 1.807) is 74.8 Å². The number of methoxy groups -OCH3 is 3. The Morgan fingerprint density at radius 3 is 2.30 bits per heavy atom. The van der Waals surface area contributed by atoms with Crippen LogP contribution in [0.25, 0.3) is 5.76 Å². The van der Waals surface area contributed by atoms with Gasteiger partial charge in [0.15, 0.2) is 17.3 Å². The number of allylic oxidation sites excluding steroid dienone is 2. The lowest BCUT2D eigenvalue weighted by atomic mass is 9.67. The highest BCUT2D eigenvalue weighted by atomic mass is 16.7. The Kier molecular flexibility index (Phi) is 7.04. The minimum Gasteiger partial charge on any atom is -0.507 e. The molecule has 9 nitrogen and oxygen atoms in total. The smallest absolute Gasteiger partial charge is 0.231 e. The minimum absolute atomic E-state index is 0.0202. The van der Waals surface area contributed by atoms with Gasteiger partial charge in [0.05, 0.1) is 27.0 Å². The number of fused-ring (bicyclic) bond motifs is 1. The number of hydrogen-bond donors (Lipinski definition) is 2. The Labute approximate surface area is 250 Å². The van der Waals surface area contributed by atoms with Crippen molar-refractivity contribution in [3.63, 3.8) is 0 Å². The van der Waals surface area contributed by atoms with Crippen molar-refractivity contribution in [2.24, 2.45) is 5.41 Å². The van der Waals surface area contributed by atoms with Crippen LogP contribution in [0, 0.1) is 10.8 Å². The number of hydrogen-bond acceptors (Lipinski definition) is 8. The largest absolute Gasteiger partial charge is 0.507 e. The van der Waals surface area contributed by atoms with Crippen molar-refractivity contribution >= 4 is 23.1 Å². The number of carbonyl (C=O) groups excluding carboxylic acids is 1. The summed E-state index contributed by atoms with van der Waals surface area (Å²) < 4.78 is 27.9. The van der Waals surface area contributed by atoms with Crippen LogP contribution in [-0.4, -0.2) is 44.8 Å². The normalized spacial score (nSPS) is 20.1. The molecule has 2 N–H and O–H groups in total. The molecule has 0 spiro atoms. The fraction of sp³-hybridized carbons (Fsp3) is 0.294. The van der Waals surface area contributed by atoms with Gasteiger partial charge in [0, 0.05) is 40.8 Å². The summed E-state index contributed by atoms with van der Waals surface area (Å²) in [6.07, 6.45) is 0.842. The van der Waals surface area contributed by atoms with Crippen LogP contribution in [0.3, 0.4) is 0 Å². The first-order chi connectivity index (χ1) is 20.7. The van der Waals surface area contributed by atoms with Crippen molar-refractivity contribution in [2.75, 3.05) is 33.0 Å². The van der Waals surface area contributed by atoms with Crippen molar-refractivity contribution in [3.8, 4) is 28.7 Å². The molecule has 6 rings (SSSR count). The lowest BCUT2D eigenvalue weighted by molar-refractivity contribution is -0.118. The summed E-state index contributed by atoms with van der Waals surface area (Å²) >= 11 is 0. The summed E-state index contributed by atoms with van der Waals surface area (Å²) in [5.74, 6) is 1.96. The van der Waals surface area contributed by atoms with Crippen LogP contribution >= 0.6 is 0 Å². The van der Waals surface area contributed by atoms with E-state index in [1.165, 1.54) is 0 Å². The highest BCUT2D eigenvalue weighted by Crippen LogP contribution is 2.53. The Hall–Kier alpha value is -4.92. The predicted octanol–water partition coefficient (Wildman–Crippen LogP) is 6.63. The van der Waals surface area contributed by atoms with E-state index in [0.717, 1.165) is 0 Å². The van der Waals surface area contributed by atoms with Gasteiger partial charge in [-0.25, -0.2) is 0 Å². The number of ether oxygens (including phenoxy) is 5. The Bertz CT molecular complexity index is 1690. The summed E-state index contributed by atoms with van der Waals surface area (Å²) in [5.41, 5.74) is 2.85. The van der Waals surface area contributed by atoms with Crippen LogP contribution in [0.15, 0.2) is 77.5 Å². The molecule has 0 fully saturated rings. The lowest BCUT2D eigenvalue weighted by Crippen LogP contribution is -2.45. The van der Waals surface area contributed by atoms with Gasteiger partial charge >= 0.3 is 0 Å². The molecule has 2 aliphatic heterocycles. The second-order valence-corrected chi connectivity index (χ2v) is 11.6. The fourth-order valence-corrected chi connectivity index (χ4v) is 6.18. The van der Waals surface area contributed by atoms with E-state index in [2.05, 4.69) is 13.8 Å². The Balaban J connectivity index is 1.68. The van der Waals surface area contributed by atoms with Crippen molar-refractivity contribution < 1.29 is 33.6 Å². The number of aliphatic hydroxyl groups is 1. The van der Waals surface area contributed by atoms with Crippen molar-refractivity contribution in [1.29, 1.82) is 5.41 Å². The number of nitrogens with zero attached hydrogens (tertiary/aromatic N) is 1. The number of rotatable bonds is 6. The van der Waals surface area contributed by atoms with Gasteiger partial charge in [0.25, 0.3) is 0 Å². The Morgan fingerprint density at radius 1 is 0.907 bits per heavy atom. The van der Waals surface area contributed by atoms with Crippen LogP contribution < -0.4 is 28.6 Å². The molecular formula is C34H34N2O7. The summed E-state index contributed by atoms with van der Waals surface area (Å²) in [6.45, 7) is 4.20. The van der Waals surface area contributed by atoms with E-state index in [4.69, 9.17) is 23.7 Å². The number of benzene rings is 3. The van der Waals surface area contributed by atoms with Gasteiger partial charge in [-0.3, -0.25) is 15.1 Å². The molecule has 43 heavy (non-hydrogen) atoms. The lowest BCUT2D eigenvalue weighted by Gasteiger charge is -2.45. The number of aliphatic hydroxyl groups excluding tert-OH is 1. The molecule has 0 bridgehead atoms. The second-order valence-electron chi connectivity index (χ2n) is 11.6. The van der Waals surface area contributed by atoms with Gasteiger partial charge < -0.3 is 28.8 Å². The summed E-state index contributed by atoms with van der Waals surface area (Å²) in [4.78, 5) is 16.0. The van der Waals surface area contributed by atoms with Crippen LogP contribution in [0.2, 0.25) is 0 Å². The number of ketones is 1. The third-order valence-corrected chi connectivity index (χ3v) is 8.20. The molecule has 2 heterocycles. The maximum atomic E-state index is 14.2. The molecule has 222 valence electrons. The van der Waals surface area contributed by atoms with Gasteiger partial charge in [0.2, 0.25) is 6.79 Å². The molecule has 0 saturated heterocycles. The number of anilines is 1. The van der Waals surface area contributed by atoms with Gasteiger partial charge in [-0.15, -0.1) is 0 Å². The molecule has 9 heteroatoms. The van der Waals surface area contributed by atoms with Crippen LogP contribution in [-0.2, 0) is 4.79 Å². The highest BCUT2D eigenvalue weighted by Gasteiger charge is 2.47. The highest BCUT2D eigenvalue weighted by molar-refractivity contribution is 6.20. The van der Waals surface area contributed by atoms with Gasteiger partial charge in [-0.1, -0.05) is 19.9 Å². The maximum Gasteiger partial charge on any atom is 0.231 e. The first kappa shape index (κ1) is 28.2. The third-order valence-electron chi connectivity index (χ3n) is 8.20. The van der Waals surface area contributed by atoms with Gasteiger partial charge in [0.1, 0.15) is 28.8 Å². The number of carbonyl (C=O) groups is 1. The first-order valence-electron chi connectivity index (χ1n) is 14.0. The molecule has 3 aromatic rings. The minimum atomic E-state index is -0.740. The fourth-order valence-electron chi connectivity index (χ4n) is 6.18. The second kappa shape index (κ2) is 10.7. The summed E-state index contributed by atoms with van der Waals surface area (Å²) in [7, 11) is 4.70. The Morgan fingerprint density at radius 2 is 1.60 bits per heavy atom. The average Bonchev–Trinajstić information content (AvgIpc) is 3.47. The summed E-state index contributed by atoms with van der Waals surface area (Å²) in [5, 5.41) is 21.7. The third kappa shape index (κ3) is 4.84. The average molecular weight is 583 g/mol. The van der Waals surface area contributed by atoms with E-state index in [9.17, 15) is 15.3 Å². The monoisotopic (exact) mass is 582 g/mol. The zero-order valence-corrected chi connectivity index (χ0v) is 24.8. The molecular weight excluding hydrogens is 548 g/mol. The van der Waals surface area contributed by atoms with Crippen LogP contribution in [0.5, 0.6) is 28.7 Å². The quantitative estimate of drug-likeness (QED) is 0.312. The van der Waals surface area contributed by atoms with Crippen molar-refractivity contribution in [1.82, 2.24) is 0 Å². The zero-order valence-electron chi connectivity index (χ0n) is 24.8. The summed E-state index contributed by atoms with van der Waals surface area (Å²) in [6, 6.07) is 17.8. The molecule has 0 radical (unpaired) electrons. The molecule has 0 amide bonds. The molecule has 1 unspecified atom stereocenters. The van der Waals surface area contributed by atoms with Crippen molar-refractivity contribution in [3.05, 3.63) is 88.6 Å². The zero-order chi connectivity index (χ0) is 30.5. The van der Waals surface area contributed by atoms with Gasteiger partial charge in [-0.05, 0) is 65.9 Å². The number of Topliss-reactive ketones (excluding diaryl/α,β-unsaturated/α-hetero) is 1. The maximum absolute atomic E-state index is 14.2. The van der Waals surface area contributed by atoms with E-state index < -0.39 is 5.92 Å². The predicted molar refractivity (Wildman–Crippen MR) is 163 cm³/mol. The molecule has 3 aromatic carbocycles. The SMILES string of the molecule is COc1ccc(/C(O)=C2\C(=N)N(c3cc(OC)ccc3OC)C3=C(C(=O)CC(C)(C)C3)C2c2ccc3c(c2)OCO3)cc1. The van der Waals surface area contributed by atoms with E-state index >= 15 is 0 Å². The standard InChI is InChI=1S/C34H34N2O7/c1-34(2)16-24-30(25(37)17-34)29(20-8-12-27-28(14-20)43-18-42-27)31(32(38)19-6-9-21(39-3)10-7-19)33(35)36(24)23-15-22(40-4)11-13-26(23)41-5/h6-15,29,35,38H,16-18H2,1-5H3/b32-31+,35-33?. The van der Waals surface area contributed by atoms with Gasteiger partial charge in [-0.2, -0.15) is 0 Å². The molecule has 0 aromatic heterocycles. The first-order valence-corrected chi connectivity index (χ1v) is 14.0. The molecule has 1 aliphatic carbocycles. The topological polar surface area (TPSA) is 111 Å². The number of nitrogens with one attached hydrogen (secondary N) is 1. The van der Waals surface area contributed by atoms with Crippen molar-refractivity contribution in [2.45, 2.75) is 32.6 Å². The molecule has 1 atom stereocenters.